The molecule has 0 radical (unpaired) electrons. The molecule has 7 amide bonds. The Morgan fingerprint density at radius 1 is 0.774 bits per heavy atom. The van der Waals surface area contributed by atoms with Crippen LogP contribution in [0, 0.1) is 16.2 Å². The van der Waals surface area contributed by atoms with Gasteiger partial charge in [-0.25, -0.2) is 30.3 Å². The van der Waals surface area contributed by atoms with Gasteiger partial charge in [0.2, 0.25) is 30.1 Å². The fraction of sp³-hybridized carbons (Fsp3) is 0.492. The van der Waals surface area contributed by atoms with Crippen LogP contribution in [0.15, 0.2) is 117 Å². The summed E-state index contributed by atoms with van der Waals surface area (Å²) in [6.07, 6.45) is 2.56. The van der Waals surface area contributed by atoms with E-state index < -0.39 is 100 Å². The summed E-state index contributed by atoms with van der Waals surface area (Å²) in [4.78, 5) is 98.6. The molecule has 4 N–H and O–H groups in total. The maximum atomic E-state index is 14.5. The van der Waals surface area contributed by atoms with E-state index in [9.17, 15) is 72.3 Å². The number of fused-ring (bicyclic) bond motifs is 1. The van der Waals surface area contributed by atoms with Gasteiger partial charge in [-0.2, -0.15) is 13.2 Å². The van der Waals surface area contributed by atoms with Gasteiger partial charge in [0, 0.05) is 118 Å². The molecule has 1 unspecified atom stereocenters. The van der Waals surface area contributed by atoms with E-state index in [-0.39, 0.29) is 83.4 Å². The van der Waals surface area contributed by atoms with Crippen molar-refractivity contribution < 1.29 is 72.3 Å². The molecule has 28 heteroatoms. The fourth-order valence-corrected chi connectivity index (χ4v) is 17.2. The molecule has 4 aliphatic carbocycles. The van der Waals surface area contributed by atoms with E-state index in [1.807, 2.05) is 27.8 Å². The predicted octanol–water partition coefficient (Wildman–Crippen LogP) is 8.48. The van der Waals surface area contributed by atoms with Crippen LogP contribution in [0.2, 0.25) is 0 Å². The van der Waals surface area contributed by atoms with Gasteiger partial charge in [0.25, 0.3) is 37.6 Å². The molecule has 3 saturated heterocycles. The first-order chi connectivity index (χ1) is 44.0. The number of hydrogen-bond donors (Lipinski definition) is 4. The van der Waals surface area contributed by atoms with Gasteiger partial charge in [-0.15, -0.1) is 11.8 Å². The lowest BCUT2D eigenvalue weighted by Gasteiger charge is -2.72. The molecule has 2 bridgehead atoms. The summed E-state index contributed by atoms with van der Waals surface area (Å²) >= 11 is 1.36. The van der Waals surface area contributed by atoms with Crippen molar-refractivity contribution in [2.45, 2.75) is 130 Å². The normalized spacial score (nSPS) is 23.1. The minimum Gasteiger partial charge on any atom is -0.380 e. The Morgan fingerprint density at radius 3 is 2.13 bits per heavy atom. The lowest BCUT2D eigenvalue weighted by Crippen LogP contribution is -2.66. The first-order valence-electron chi connectivity index (χ1n) is 31.2. The quantitative estimate of drug-likeness (QED) is 0.0235. The van der Waals surface area contributed by atoms with Crippen molar-refractivity contribution >= 4 is 90.0 Å². The van der Waals surface area contributed by atoms with Gasteiger partial charge in [0.15, 0.2) is 0 Å². The SMILES string of the molecule is CC1(C)CCC(CN2CCN(c3ccc(C(=O)NS(=O)(=O)c4ccc(N[C@H](CCN5CCN(C(=O)CCCC(=O)Nc6cccc7c6C(=O)N(C6CCC(=O)NC6=O)C7=O)CC5)CSc5ccccc5)c(S(=O)(=O)C(F)(F)F)c4)cc3)CC2)=C(C23CC(C(F)F)(C2)C3)C1. The molecule has 12 rings (SSSR count). The zero-order chi connectivity index (χ0) is 66.4. The average Bonchev–Trinajstić information content (AvgIpc) is 1.17. The van der Waals surface area contributed by atoms with Crippen molar-refractivity contribution in [2.24, 2.45) is 16.2 Å². The number of nitrogens with one attached hydrogen (secondary N) is 4. The van der Waals surface area contributed by atoms with Gasteiger partial charge >= 0.3 is 5.51 Å². The number of alkyl halides is 5. The minimum absolute atomic E-state index is 0.00672. The molecule has 4 aromatic carbocycles. The predicted molar refractivity (Wildman–Crippen MR) is 337 cm³/mol. The zero-order valence-electron chi connectivity index (χ0n) is 51.5. The lowest BCUT2D eigenvalue weighted by atomic mass is 9.32. The highest BCUT2D eigenvalue weighted by Crippen LogP contribution is 2.79. The zero-order valence-corrected chi connectivity index (χ0v) is 53.9. The second kappa shape index (κ2) is 26.5. The molecule has 8 aliphatic rings. The molecule has 3 saturated carbocycles. The summed E-state index contributed by atoms with van der Waals surface area (Å²) < 4.78 is 127. The number of imide groups is 2. The van der Waals surface area contributed by atoms with Gasteiger partial charge in [-0.3, -0.25) is 53.6 Å². The summed E-state index contributed by atoms with van der Waals surface area (Å²) in [5.41, 5.74) is -3.68. The van der Waals surface area contributed by atoms with Gasteiger partial charge in [-0.05, 0) is 135 Å². The van der Waals surface area contributed by atoms with Crippen molar-refractivity contribution in [1.29, 1.82) is 0 Å². The van der Waals surface area contributed by atoms with Crippen LogP contribution in [0.1, 0.15) is 122 Å². The third-order valence-corrected chi connectivity index (χ3v) is 23.4. The molecule has 20 nitrogen and oxygen atoms in total. The van der Waals surface area contributed by atoms with Gasteiger partial charge < -0.3 is 20.4 Å². The van der Waals surface area contributed by atoms with Crippen LogP contribution in [0.25, 0.3) is 0 Å². The summed E-state index contributed by atoms with van der Waals surface area (Å²) in [5, 5.41) is 7.76. The highest BCUT2D eigenvalue weighted by atomic mass is 32.2. The molecule has 4 aliphatic heterocycles. The number of piperazine rings is 2. The van der Waals surface area contributed by atoms with E-state index in [2.05, 4.69) is 39.6 Å². The number of halogens is 5. The van der Waals surface area contributed by atoms with E-state index in [0.29, 0.717) is 71.1 Å². The Morgan fingerprint density at radius 2 is 1.46 bits per heavy atom. The Labute approximate surface area is 540 Å². The molecule has 0 spiro atoms. The van der Waals surface area contributed by atoms with E-state index in [1.54, 1.807) is 29.2 Å². The minimum atomic E-state index is -6.21. The van der Waals surface area contributed by atoms with Crippen molar-refractivity contribution in [3.8, 4) is 0 Å². The van der Waals surface area contributed by atoms with Crippen LogP contribution in [0.4, 0.5) is 39.0 Å². The summed E-state index contributed by atoms with van der Waals surface area (Å²) in [6.45, 7) is 9.84. The number of hydrogen-bond acceptors (Lipinski definition) is 16. The average molecular weight is 1350 g/mol. The number of carbonyl (C=O) groups is 7. The van der Waals surface area contributed by atoms with Crippen LogP contribution in [-0.4, -0.2) is 173 Å². The molecule has 93 heavy (non-hydrogen) atoms. The van der Waals surface area contributed by atoms with Crippen molar-refractivity contribution in [2.75, 3.05) is 86.7 Å². The largest absolute Gasteiger partial charge is 0.501 e. The number of rotatable bonds is 23. The highest BCUT2D eigenvalue weighted by Gasteiger charge is 2.73. The number of sulfonamides is 1. The molecule has 498 valence electrons. The molecule has 6 fully saturated rings. The summed E-state index contributed by atoms with van der Waals surface area (Å²) in [6, 6.07) is 19.9. The number of piperidine rings is 1. The summed E-state index contributed by atoms with van der Waals surface area (Å²) in [5.74, 6) is -4.43. The van der Waals surface area contributed by atoms with E-state index in [4.69, 9.17) is 0 Å². The van der Waals surface area contributed by atoms with Crippen molar-refractivity contribution in [1.82, 2.24) is 29.6 Å². The van der Waals surface area contributed by atoms with Crippen LogP contribution in [0.3, 0.4) is 0 Å². The Hall–Kier alpha value is -7.27. The number of anilines is 3. The van der Waals surface area contributed by atoms with Crippen molar-refractivity contribution in [3.63, 3.8) is 0 Å². The smallest absolute Gasteiger partial charge is 0.380 e. The number of nitrogens with zero attached hydrogens (tertiary/aromatic N) is 5. The third kappa shape index (κ3) is 14.3. The number of thioether (sulfide) groups is 1. The molecular formula is C65H74F5N9O11S3. The lowest BCUT2D eigenvalue weighted by molar-refractivity contribution is -0.250. The van der Waals surface area contributed by atoms with Gasteiger partial charge in [0.05, 0.1) is 27.4 Å². The van der Waals surface area contributed by atoms with Crippen LogP contribution >= 0.6 is 11.8 Å². The highest BCUT2D eigenvalue weighted by molar-refractivity contribution is 7.99. The van der Waals surface area contributed by atoms with Crippen LogP contribution < -0.4 is 25.6 Å². The molecule has 2 atom stereocenters. The molecule has 0 aromatic heterocycles. The number of amides is 7. The molecule has 4 aromatic rings. The Kier molecular flexibility index (Phi) is 19.1. The first-order valence-corrected chi connectivity index (χ1v) is 35.2. The van der Waals surface area contributed by atoms with Crippen molar-refractivity contribution in [3.05, 3.63) is 119 Å². The number of sulfone groups is 1. The maximum absolute atomic E-state index is 14.5. The maximum Gasteiger partial charge on any atom is 0.501 e. The van der Waals surface area contributed by atoms with E-state index >= 15 is 0 Å². The number of benzene rings is 4. The third-order valence-electron chi connectivity index (χ3n) is 19.3. The van der Waals surface area contributed by atoms with E-state index in [0.717, 1.165) is 66.5 Å². The Balaban J connectivity index is 0.679. The van der Waals surface area contributed by atoms with E-state index in [1.165, 1.54) is 53.2 Å². The molecular weight excluding hydrogens is 1270 g/mol. The van der Waals surface area contributed by atoms with Gasteiger partial charge in [0.1, 0.15) is 10.9 Å². The van der Waals surface area contributed by atoms with Crippen LogP contribution in [0.5, 0.6) is 0 Å². The molecule has 4 heterocycles. The standard InChI is InChI=1S/C65H74F5N9O11S3/c1-62(2)24-22-42(48(35-62)63-38-64(39-63,40-63)61(66)67)36-76-28-30-77(31-29-76)44-16-14-41(15-17-44)57(83)74-93(89,90)46-18-19-49(52(34-46)92(87,88)65(68,69)70)71-43(37-91-45-8-4-3-5-9-45)23-25-75-26-32-78(33-27-75)55(82)13-7-12-53(80)72-50-11-6-10-47-56(50)60(86)79(59(47)85)51-20-21-54(81)73-58(51)84/h3-6,8-11,14-19,34,43,51,61,71H,7,12-13,20-33,35-40H2,1-2H3,(H,72,80)(H,74,83)(H,73,81,84)/t43-,51?,63?,64?/m1/s1. The van der Waals surface area contributed by atoms with Crippen LogP contribution in [-0.2, 0) is 39.0 Å². The topological polar surface area (TPSA) is 252 Å². The number of allylic oxidation sites excluding steroid dienone is 1. The Bertz CT molecular complexity index is 3860. The second-order valence-corrected chi connectivity index (χ2v) is 31.0. The number of carbonyl (C=O) groups excluding carboxylic acids is 7. The van der Waals surface area contributed by atoms with Gasteiger partial charge in [-0.1, -0.05) is 49.3 Å². The summed E-state index contributed by atoms with van der Waals surface area (Å²) in [7, 11) is -11.2. The second-order valence-electron chi connectivity index (χ2n) is 26.3. The first kappa shape index (κ1) is 67.2. The fourth-order valence-electron chi connectivity index (χ4n) is 14.2. The monoisotopic (exact) mass is 1350 g/mol.